The van der Waals surface area contributed by atoms with E-state index in [1.165, 1.54) is 24.1 Å². The second-order valence-electron chi connectivity index (χ2n) is 11.8. The highest BCUT2D eigenvalue weighted by Gasteiger charge is 2.30. The van der Waals surface area contributed by atoms with Gasteiger partial charge in [-0.05, 0) is 69.0 Å². The Balaban J connectivity index is 1.27. The number of anilines is 5. The van der Waals surface area contributed by atoms with Crippen molar-refractivity contribution in [2.45, 2.75) is 18.8 Å². The van der Waals surface area contributed by atoms with Crippen LogP contribution in [0.2, 0.25) is 0 Å². The highest BCUT2D eigenvalue weighted by atomic mass is 31.2. The summed E-state index contributed by atoms with van der Waals surface area (Å²) >= 11 is 0. The maximum atomic E-state index is 13.5. The zero-order valence-corrected chi connectivity index (χ0v) is 25.8. The Morgan fingerprint density at radius 3 is 2.51 bits per heavy atom. The lowest BCUT2D eigenvalue weighted by Gasteiger charge is -2.35. The first-order valence-corrected chi connectivity index (χ1v) is 17.2. The van der Waals surface area contributed by atoms with E-state index < -0.39 is 7.14 Å². The van der Waals surface area contributed by atoms with Crippen LogP contribution in [0.15, 0.2) is 48.9 Å². The number of hydrogen-bond donors (Lipinski definition) is 3. The molecule has 3 aromatic heterocycles. The first kappa shape index (κ1) is 27.6. The molecule has 1 saturated carbocycles. The van der Waals surface area contributed by atoms with Gasteiger partial charge >= 0.3 is 0 Å². The predicted octanol–water partition coefficient (Wildman–Crippen LogP) is 5.27. The highest BCUT2D eigenvalue weighted by Crippen LogP contribution is 2.48. The Morgan fingerprint density at radius 2 is 1.77 bits per heavy atom. The van der Waals surface area contributed by atoms with Gasteiger partial charge in [-0.25, -0.2) is 0 Å². The topological polar surface area (TPSA) is 124 Å². The Labute approximate surface area is 250 Å². The van der Waals surface area contributed by atoms with Crippen molar-refractivity contribution < 1.29 is 9.30 Å². The average molecular weight is 598 g/mol. The first-order valence-electron chi connectivity index (χ1n) is 14.6. The molecular formula is C31H36N9O2P. The third-order valence-corrected chi connectivity index (χ3v) is 9.81. The summed E-state index contributed by atoms with van der Waals surface area (Å²) in [6, 6.07) is 10.1. The molecule has 11 nitrogen and oxygen atoms in total. The Bertz CT molecular complexity index is 1870. The maximum Gasteiger partial charge on any atom is 0.231 e. The van der Waals surface area contributed by atoms with E-state index in [2.05, 4.69) is 54.6 Å². The second kappa shape index (κ2) is 10.8. The Kier molecular flexibility index (Phi) is 6.94. The summed E-state index contributed by atoms with van der Waals surface area (Å²) in [5.41, 5.74) is 6.10. The van der Waals surface area contributed by atoms with Gasteiger partial charge in [0, 0.05) is 56.5 Å². The van der Waals surface area contributed by atoms with Crippen molar-refractivity contribution in [3.63, 3.8) is 0 Å². The van der Waals surface area contributed by atoms with Crippen molar-refractivity contribution in [3.05, 3.63) is 54.5 Å². The average Bonchev–Trinajstić information content (AvgIpc) is 3.73. The van der Waals surface area contributed by atoms with Gasteiger partial charge in [-0.15, -0.1) is 0 Å². The van der Waals surface area contributed by atoms with Crippen LogP contribution in [0.3, 0.4) is 0 Å². The van der Waals surface area contributed by atoms with Crippen molar-refractivity contribution in [1.29, 1.82) is 0 Å². The largest absolute Gasteiger partial charge is 0.494 e. The number of hydrogen-bond acceptors (Lipinski definition) is 10. The first-order chi connectivity index (χ1) is 20.8. The van der Waals surface area contributed by atoms with Gasteiger partial charge in [0.1, 0.15) is 29.9 Å². The summed E-state index contributed by atoms with van der Waals surface area (Å²) in [7, 11) is 1.13. The quantitative estimate of drug-likeness (QED) is 0.204. The van der Waals surface area contributed by atoms with Gasteiger partial charge in [0.15, 0.2) is 0 Å². The van der Waals surface area contributed by atoms with Crippen LogP contribution in [0.5, 0.6) is 5.75 Å². The molecule has 1 aliphatic carbocycles. The number of nitrogens with zero attached hydrogens (tertiary/aromatic N) is 6. The fourth-order valence-electron chi connectivity index (χ4n) is 5.90. The number of piperazine rings is 1. The van der Waals surface area contributed by atoms with E-state index in [4.69, 9.17) is 14.7 Å². The zero-order chi connectivity index (χ0) is 29.7. The molecule has 0 bridgehead atoms. The normalized spacial score (nSPS) is 16.1. The Morgan fingerprint density at radius 1 is 0.977 bits per heavy atom. The minimum Gasteiger partial charge on any atom is -0.494 e. The third-order valence-electron chi connectivity index (χ3n) is 8.28. The Hall–Kier alpha value is -4.21. The summed E-state index contributed by atoms with van der Waals surface area (Å²) in [5, 5.41) is 8.37. The van der Waals surface area contributed by atoms with Gasteiger partial charge in [-0.2, -0.15) is 9.97 Å². The second-order valence-corrected chi connectivity index (χ2v) is 14.9. The molecule has 0 spiro atoms. The van der Waals surface area contributed by atoms with Crippen LogP contribution in [0.25, 0.3) is 22.1 Å². The molecule has 7 rings (SSSR count). The molecule has 222 valence electrons. The molecule has 0 radical (unpaired) electrons. The van der Waals surface area contributed by atoms with Crippen LogP contribution in [0, 0.1) is 0 Å². The van der Waals surface area contributed by atoms with E-state index in [1.807, 2.05) is 24.4 Å². The summed E-state index contributed by atoms with van der Waals surface area (Å²) in [4.78, 5) is 26.7. The third kappa shape index (κ3) is 5.39. The molecule has 2 fully saturated rings. The molecule has 0 amide bonds. The SMILES string of the molecule is COc1cc(N2CCN(C)CC2)c(C2CC2)cc1Nc1nc(Nc2ccc3nccnc3c2P(C)(C)=O)c2cc[nH]c2n1. The van der Waals surface area contributed by atoms with Gasteiger partial charge in [0.25, 0.3) is 0 Å². The molecular weight excluding hydrogens is 561 g/mol. The number of aromatic amines is 1. The molecule has 1 saturated heterocycles. The predicted molar refractivity (Wildman–Crippen MR) is 174 cm³/mol. The summed E-state index contributed by atoms with van der Waals surface area (Å²) < 4.78 is 19.4. The van der Waals surface area contributed by atoms with Crippen molar-refractivity contribution >= 4 is 63.3 Å². The van der Waals surface area contributed by atoms with Gasteiger partial charge in [0.05, 0.1) is 34.7 Å². The highest BCUT2D eigenvalue weighted by molar-refractivity contribution is 7.71. The van der Waals surface area contributed by atoms with E-state index in [9.17, 15) is 4.57 Å². The molecule has 4 heterocycles. The van der Waals surface area contributed by atoms with Crippen LogP contribution < -0.4 is 25.6 Å². The monoisotopic (exact) mass is 597 g/mol. The molecule has 2 aliphatic rings. The molecule has 5 aromatic rings. The van der Waals surface area contributed by atoms with Crippen LogP contribution >= 0.6 is 7.14 Å². The summed E-state index contributed by atoms with van der Waals surface area (Å²) in [6.07, 6.45) is 7.50. The number of methoxy groups -OCH3 is 1. The lowest BCUT2D eigenvalue weighted by Crippen LogP contribution is -2.44. The van der Waals surface area contributed by atoms with Crippen LogP contribution in [-0.4, -0.2) is 83.5 Å². The molecule has 43 heavy (non-hydrogen) atoms. The van der Waals surface area contributed by atoms with E-state index in [-0.39, 0.29) is 0 Å². The van der Waals surface area contributed by atoms with Crippen LogP contribution in [0.1, 0.15) is 24.3 Å². The fourth-order valence-corrected chi connectivity index (χ4v) is 7.30. The van der Waals surface area contributed by atoms with E-state index in [0.29, 0.717) is 45.4 Å². The van der Waals surface area contributed by atoms with Gasteiger partial charge in [-0.3, -0.25) is 9.97 Å². The zero-order valence-electron chi connectivity index (χ0n) is 24.9. The van der Waals surface area contributed by atoms with Crippen LogP contribution in [-0.2, 0) is 4.57 Å². The molecule has 3 N–H and O–H groups in total. The smallest absolute Gasteiger partial charge is 0.231 e. The molecule has 0 unspecified atom stereocenters. The lowest BCUT2D eigenvalue weighted by molar-refractivity contribution is 0.312. The number of rotatable bonds is 8. The number of aromatic nitrogens is 5. The number of H-pyrrole nitrogens is 1. The molecule has 0 atom stereocenters. The number of benzene rings is 2. The van der Waals surface area contributed by atoms with E-state index in [1.54, 1.807) is 32.8 Å². The molecule has 1 aliphatic heterocycles. The maximum absolute atomic E-state index is 13.5. The lowest BCUT2D eigenvalue weighted by atomic mass is 10.0. The standard InChI is InChI=1S/C31H36N9O2P/c1-39-13-15-40(16-14-39)25-18-26(42-2)24(17-21(25)19-5-6-19)36-31-37-29-20(9-10-34-29)30(38-31)35-23-8-7-22-27(33-12-11-32-22)28(23)43(3,4)41/h7-12,17-19H,5-6,13-16H2,1-4H3,(H3,34,35,36,37,38). The summed E-state index contributed by atoms with van der Waals surface area (Å²) in [6.45, 7) is 7.58. The number of likely N-dealkylation sites (N-methyl/N-ethyl adjacent to an activating group) is 1. The number of fused-ring (bicyclic) bond motifs is 2. The van der Waals surface area contributed by atoms with E-state index in [0.717, 1.165) is 43.0 Å². The molecule has 12 heteroatoms. The van der Waals surface area contributed by atoms with Crippen molar-refractivity contribution in [3.8, 4) is 5.75 Å². The van der Waals surface area contributed by atoms with Crippen molar-refractivity contribution in [1.82, 2.24) is 29.8 Å². The van der Waals surface area contributed by atoms with Gasteiger partial charge in [0.2, 0.25) is 5.95 Å². The van der Waals surface area contributed by atoms with Gasteiger partial charge < -0.3 is 34.7 Å². The summed E-state index contributed by atoms with van der Waals surface area (Å²) in [5.74, 6) is 2.31. The van der Waals surface area contributed by atoms with Gasteiger partial charge in [-0.1, -0.05) is 0 Å². The fraction of sp³-hybridized carbons (Fsp3) is 0.355. The van der Waals surface area contributed by atoms with Crippen molar-refractivity contribution in [2.75, 3.05) is 69.2 Å². The number of ether oxygens (including phenoxy) is 1. The van der Waals surface area contributed by atoms with Crippen LogP contribution in [0.4, 0.5) is 28.8 Å². The minimum absolute atomic E-state index is 0.420. The van der Waals surface area contributed by atoms with E-state index >= 15 is 0 Å². The van der Waals surface area contributed by atoms with Crippen molar-refractivity contribution in [2.24, 2.45) is 0 Å². The number of nitrogens with one attached hydrogen (secondary N) is 3. The molecule has 2 aromatic carbocycles. The minimum atomic E-state index is -2.75.